The predicted molar refractivity (Wildman–Crippen MR) is 85.2 cm³/mol. The second-order valence-electron chi connectivity index (χ2n) is 5.21. The van der Waals surface area contributed by atoms with Crippen molar-refractivity contribution in [1.82, 2.24) is 15.2 Å². The maximum atomic E-state index is 11.9. The summed E-state index contributed by atoms with van der Waals surface area (Å²) in [5, 5.41) is 2.89. The number of carbonyl (C=O) groups is 1. The summed E-state index contributed by atoms with van der Waals surface area (Å²) in [5.41, 5.74) is 2.57. The van der Waals surface area contributed by atoms with Crippen LogP contribution in [0.15, 0.2) is 48.7 Å². The number of rotatable bonds is 6. The van der Waals surface area contributed by atoms with Gasteiger partial charge in [-0.15, -0.1) is 0 Å². The molecule has 2 aromatic rings. The number of amides is 1. The van der Waals surface area contributed by atoms with Crippen molar-refractivity contribution < 1.29 is 4.79 Å². The van der Waals surface area contributed by atoms with Crippen LogP contribution in [0, 0.1) is 0 Å². The monoisotopic (exact) mass is 283 g/mol. The van der Waals surface area contributed by atoms with Gasteiger partial charge in [0.1, 0.15) is 5.69 Å². The summed E-state index contributed by atoms with van der Waals surface area (Å²) in [4.78, 5) is 18.3. The Morgan fingerprint density at radius 1 is 1.10 bits per heavy atom. The summed E-state index contributed by atoms with van der Waals surface area (Å²) in [5.74, 6) is -0.117. The van der Waals surface area contributed by atoms with Gasteiger partial charge in [-0.2, -0.15) is 0 Å². The Labute approximate surface area is 125 Å². The molecule has 2 rings (SSSR count). The van der Waals surface area contributed by atoms with Gasteiger partial charge in [0.2, 0.25) is 0 Å². The Balaban J connectivity index is 1.91. The van der Waals surface area contributed by atoms with E-state index in [4.69, 9.17) is 0 Å². The van der Waals surface area contributed by atoms with E-state index in [2.05, 4.69) is 15.2 Å². The molecule has 0 spiro atoms. The zero-order valence-corrected chi connectivity index (χ0v) is 12.5. The fourth-order valence-corrected chi connectivity index (χ4v) is 2.02. The maximum Gasteiger partial charge on any atom is 0.269 e. The minimum absolute atomic E-state index is 0.117. The van der Waals surface area contributed by atoms with Crippen molar-refractivity contribution in [3.8, 4) is 11.1 Å². The van der Waals surface area contributed by atoms with Gasteiger partial charge in [-0.25, -0.2) is 0 Å². The summed E-state index contributed by atoms with van der Waals surface area (Å²) >= 11 is 0. The summed E-state index contributed by atoms with van der Waals surface area (Å²) < 4.78 is 0. The molecule has 21 heavy (non-hydrogen) atoms. The van der Waals surface area contributed by atoms with Crippen molar-refractivity contribution in [3.05, 3.63) is 54.4 Å². The minimum Gasteiger partial charge on any atom is -0.351 e. The molecule has 0 unspecified atom stereocenters. The van der Waals surface area contributed by atoms with Crippen LogP contribution in [0.4, 0.5) is 0 Å². The predicted octanol–water partition coefficient (Wildman–Crippen LogP) is 2.43. The molecule has 0 saturated carbocycles. The van der Waals surface area contributed by atoms with Gasteiger partial charge in [0.15, 0.2) is 0 Å². The molecule has 0 atom stereocenters. The number of nitrogens with one attached hydrogen (secondary N) is 1. The lowest BCUT2D eigenvalue weighted by molar-refractivity contribution is 0.0947. The van der Waals surface area contributed by atoms with E-state index in [-0.39, 0.29) is 5.91 Å². The molecule has 0 aliphatic carbocycles. The smallest absolute Gasteiger partial charge is 0.269 e. The van der Waals surface area contributed by atoms with E-state index in [9.17, 15) is 4.79 Å². The second-order valence-corrected chi connectivity index (χ2v) is 5.21. The van der Waals surface area contributed by atoms with Gasteiger partial charge in [-0.1, -0.05) is 36.4 Å². The molecule has 0 fully saturated rings. The Morgan fingerprint density at radius 2 is 1.86 bits per heavy atom. The molecule has 4 heteroatoms. The van der Waals surface area contributed by atoms with Gasteiger partial charge in [-0.05, 0) is 38.7 Å². The van der Waals surface area contributed by atoms with Crippen LogP contribution >= 0.6 is 0 Å². The highest BCUT2D eigenvalue weighted by Gasteiger charge is 2.06. The lowest BCUT2D eigenvalue weighted by Crippen LogP contribution is -2.27. The molecule has 1 N–H and O–H groups in total. The molecule has 0 aliphatic heterocycles. The highest BCUT2D eigenvalue weighted by Crippen LogP contribution is 2.17. The topological polar surface area (TPSA) is 45.2 Å². The van der Waals surface area contributed by atoms with Crippen molar-refractivity contribution in [2.24, 2.45) is 0 Å². The molecule has 0 aliphatic rings. The van der Waals surface area contributed by atoms with E-state index >= 15 is 0 Å². The molecule has 110 valence electrons. The number of hydrogen-bond donors (Lipinski definition) is 1. The molecular weight excluding hydrogens is 262 g/mol. The number of hydrogen-bond acceptors (Lipinski definition) is 3. The van der Waals surface area contributed by atoms with E-state index in [0.717, 1.165) is 24.1 Å². The van der Waals surface area contributed by atoms with Crippen molar-refractivity contribution in [2.75, 3.05) is 27.2 Å². The normalized spacial score (nSPS) is 10.6. The third kappa shape index (κ3) is 4.68. The van der Waals surface area contributed by atoms with E-state index in [1.807, 2.05) is 50.5 Å². The van der Waals surface area contributed by atoms with E-state index in [1.54, 1.807) is 12.3 Å². The van der Waals surface area contributed by atoms with Gasteiger partial charge in [-0.3, -0.25) is 9.78 Å². The largest absolute Gasteiger partial charge is 0.351 e. The Hall–Kier alpha value is -2.20. The number of carbonyl (C=O) groups excluding carboxylic acids is 1. The summed E-state index contributed by atoms with van der Waals surface area (Å²) in [6.45, 7) is 1.62. The van der Waals surface area contributed by atoms with Crippen LogP contribution in [0.25, 0.3) is 11.1 Å². The van der Waals surface area contributed by atoms with Gasteiger partial charge in [0, 0.05) is 18.3 Å². The molecule has 0 radical (unpaired) electrons. The first-order valence-electron chi connectivity index (χ1n) is 7.11. The van der Waals surface area contributed by atoms with Crippen LogP contribution in [0.5, 0.6) is 0 Å². The first-order chi connectivity index (χ1) is 10.2. The Bertz CT molecular complexity index is 564. The van der Waals surface area contributed by atoms with Crippen LogP contribution in [0.1, 0.15) is 16.9 Å². The molecule has 1 aromatic heterocycles. The number of aromatic nitrogens is 1. The average molecular weight is 283 g/mol. The summed E-state index contributed by atoms with van der Waals surface area (Å²) in [6, 6.07) is 13.7. The third-order valence-corrected chi connectivity index (χ3v) is 3.17. The van der Waals surface area contributed by atoms with E-state index < -0.39 is 0 Å². The Morgan fingerprint density at radius 3 is 2.48 bits per heavy atom. The molecule has 4 nitrogen and oxygen atoms in total. The number of nitrogens with zero attached hydrogens (tertiary/aromatic N) is 2. The molecule has 0 bridgehead atoms. The third-order valence-electron chi connectivity index (χ3n) is 3.17. The summed E-state index contributed by atoms with van der Waals surface area (Å²) in [6.07, 6.45) is 2.67. The maximum absolute atomic E-state index is 11.9. The first kappa shape index (κ1) is 15.2. The molecule has 0 saturated heterocycles. The van der Waals surface area contributed by atoms with E-state index in [1.165, 1.54) is 0 Å². The van der Waals surface area contributed by atoms with Crippen molar-refractivity contribution in [1.29, 1.82) is 0 Å². The van der Waals surface area contributed by atoms with Gasteiger partial charge in [0.25, 0.3) is 5.91 Å². The van der Waals surface area contributed by atoms with Crippen molar-refractivity contribution in [2.45, 2.75) is 6.42 Å². The lowest BCUT2D eigenvalue weighted by Gasteiger charge is -2.09. The second kappa shape index (κ2) is 7.55. The molecule has 1 amide bonds. The Kier molecular flexibility index (Phi) is 5.46. The number of pyridine rings is 1. The highest BCUT2D eigenvalue weighted by atomic mass is 16.1. The van der Waals surface area contributed by atoms with Crippen LogP contribution in [-0.2, 0) is 0 Å². The lowest BCUT2D eigenvalue weighted by atomic mass is 10.1. The fraction of sp³-hybridized carbons (Fsp3) is 0.294. The SMILES string of the molecule is CN(C)CCCNC(=O)c1ccc(-c2ccccc2)cn1. The zero-order chi connectivity index (χ0) is 15.1. The van der Waals surface area contributed by atoms with Crippen molar-refractivity contribution in [3.63, 3.8) is 0 Å². The quantitative estimate of drug-likeness (QED) is 0.828. The average Bonchev–Trinajstić information content (AvgIpc) is 2.52. The van der Waals surface area contributed by atoms with Crippen LogP contribution < -0.4 is 5.32 Å². The molecule has 1 heterocycles. The number of benzene rings is 1. The van der Waals surface area contributed by atoms with Crippen molar-refractivity contribution >= 4 is 5.91 Å². The standard InChI is InChI=1S/C17H21N3O/c1-20(2)12-6-11-18-17(21)16-10-9-15(13-19-16)14-7-4-3-5-8-14/h3-5,7-10,13H,6,11-12H2,1-2H3,(H,18,21). The van der Waals surface area contributed by atoms with Crippen LogP contribution in [0.3, 0.4) is 0 Å². The van der Waals surface area contributed by atoms with Crippen LogP contribution in [0.2, 0.25) is 0 Å². The van der Waals surface area contributed by atoms with E-state index in [0.29, 0.717) is 12.2 Å². The molecule has 1 aromatic carbocycles. The summed E-state index contributed by atoms with van der Waals surface area (Å²) in [7, 11) is 4.04. The fourth-order valence-electron chi connectivity index (χ4n) is 2.02. The van der Waals surface area contributed by atoms with Gasteiger partial charge >= 0.3 is 0 Å². The minimum atomic E-state index is -0.117. The van der Waals surface area contributed by atoms with Gasteiger partial charge < -0.3 is 10.2 Å². The zero-order valence-electron chi connectivity index (χ0n) is 12.5. The molecular formula is C17H21N3O. The first-order valence-corrected chi connectivity index (χ1v) is 7.11. The van der Waals surface area contributed by atoms with Gasteiger partial charge in [0.05, 0.1) is 0 Å². The highest BCUT2D eigenvalue weighted by molar-refractivity contribution is 5.92. The van der Waals surface area contributed by atoms with Crippen LogP contribution in [-0.4, -0.2) is 43.0 Å².